The Hall–Kier alpha value is -1.58. The van der Waals surface area contributed by atoms with Crippen molar-refractivity contribution in [3.05, 3.63) is 23.4 Å². The first-order valence-electron chi connectivity index (χ1n) is 8.08. The van der Waals surface area contributed by atoms with Gasteiger partial charge in [0.2, 0.25) is 0 Å². The summed E-state index contributed by atoms with van der Waals surface area (Å²) in [5, 5.41) is 6.32. The van der Waals surface area contributed by atoms with E-state index in [0.717, 1.165) is 37.3 Å². The van der Waals surface area contributed by atoms with Crippen molar-refractivity contribution >= 4 is 11.7 Å². The quantitative estimate of drug-likeness (QED) is 0.762. The summed E-state index contributed by atoms with van der Waals surface area (Å²) < 4.78 is 0. The summed E-state index contributed by atoms with van der Waals surface area (Å²) in [5.74, 6) is 1.07. The predicted molar refractivity (Wildman–Crippen MR) is 88.9 cm³/mol. The van der Waals surface area contributed by atoms with Gasteiger partial charge in [-0.05, 0) is 37.8 Å². The highest BCUT2D eigenvalue weighted by atomic mass is 16.1. The van der Waals surface area contributed by atoms with Crippen LogP contribution in [0.5, 0.6) is 0 Å². The number of rotatable bonds is 8. The molecule has 1 aromatic rings. The van der Waals surface area contributed by atoms with E-state index in [1.807, 2.05) is 19.1 Å². The van der Waals surface area contributed by atoms with E-state index in [2.05, 4.69) is 43.3 Å². The molecule has 4 nitrogen and oxygen atoms in total. The number of carbonyl (C=O) groups is 1. The lowest BCUT2D eigenvalue weighted by Crippen LogP contribution is -2.34. The lowest BCUT2D eigenvalue weighted by molar-refractivity contribution is 0.0933. The zero-order valence-electron chi connectivity index (χ0n) is 14.0. The van der Waals surface area contributed by atoms with E-state index in [1.165, 1.54) is 0 Å². The molecular formula is C17H29N3O. The molecule has 0 spiro atoms. The first-order chi connectivity index (χ1) is 10.0. The molecule has 0 aliphatic carbocycles. The van der Waals surface area contributed by atoms with Crippen LogP contribution in [-0.4, -0.2) is 23.5 Å². The van der Waals surface area contributed by atoms with Crippen molar-refractivity contribution < 1.29 is 4.79 Å². The zero-order chi connectivity index (χ0) is 15.8. The predicted octanol–water partition coefficient (Wildman–Crippen LogP) is 3.95. The lowest BCUT2D eigenvalue weighted by atomic mass is 10.1. The Morgan fingerprint density at radius 1 is 1.24 bits per heavy atom. The highest BCUT2D eigenvalue weighted by molar-refractivity contribution is 5.95. The summed E-state index contributed by atoms with van der Waals surface area (Å²) in [6.07, 6.45) is 3.06. The Labute approximate surface area is 128 Å². The lowest BCUT2D eigenvalue weighted by Gasteiger charge is -2.17. The van der Waals surface area contributed by atoms with Gasteiger partial charge in [-0.15, -0.1) is 0 Å². The van der Waals surface area contributed by atoms with Crippen molar-refractivity contribution in [3.63, 3.8) is 0 Å². The smallest absolute Gasteiger partial charge is 0.251 e. The molecule has 0 bridgehead atoms. The van der Waals surface area contributed by atoms with Gasteiger partial charge in [-0.25, -0.2) is 4.98 Å². The van der Waals surface area contributed by atoms with Gasteiger partial charge in [-0.1, -0.05) is 34.1 Å². The van der Waals surface area contributed by atoms with Crippen LogP contribution in [0.1, 0.15) is 75.9 Å². The standard InChI is InChI=1S/C17H29N3O/c1-6-9-14(7-2)19-17(21)13-10-15(12(4)5)20-16(11-13)18-8-3/h10-12,14H,6-9H2,1-5H3,(H,18,20)(H,19,21). The van der Waals surface area contributed by atoms with Gasteiger partial charge in [-0.2, -0.15) is 0 Å². The number of pyridine rings is 1. The van der Waals surface area contributed by atoms with Crippen LogP contribution in [0, 0.1) is 0 Å². The largest absolute Gasteiger partial charge is 0.370 e. The Balaban J connectivity index is 2.96. The molecule has 1 aromatic heterocycles. The van der Waals surface area contributed by atoms with Gasteiger partial charge in [0.1, 0.15) is 5.82 Å². The fourth-order valence-corrected chi connectivity index (χ4v) is 2.25. The highest BCUT2D eigenvalue weighted by Crippen LogP contribution is 2.18. The molecule has 1 heterocycles. The number of hydrogen-bond acceptors (Lipinski definition) is 3. The Morgan fingerprint density at radius 2 is 1.95 bits per heavy atom. The van der Waals surface area contributed by atoms with Gasteiger partial charge >= 0.3 is 0 Å². The molecule has 21 heavy (non-hydrogen) atoms. The van der Waals surface area contributed by atoms with Crippen LogP contribution in [0.3, 0.4) is 0 Å². The summed E-state index contributed by atoms with van der Waals surface area (Å²) >= 11 is 0. The molecular weight excluding hydrogens is 262 g/mol. The first-order valence-corrected chi connectivity index (χ1v) is 8.08. The number of nitrogens with zero attached hydrogens (tertiary/aromatic N) is 1. The first kappa shape index (κ1) is 17.5. The minimum absolute atomic E-state index is 0.00115. The monoisotopic (exact) mass is 291 g/mol. The van der Waals surface area contributed by atoms with E-state index in [-0.39, 0.29) is 11.9 Å². The minimum atomic E-state index is -0.00115. The van der Waals surface area contributed by atoms with Crippen LogP contribution in [-0.2, 0) is 0 Å². The summed E-state index contributed by atoms with van der Waals surface area (Å²) in [6, 6.07) is 3.99. The second-order valence-corrected chi connectivity index (χ2v) is 5.72. The molecule has 0 radical (unpaired) electrons. The molecule has 1 unspecified atom stereocenters. The Kier molecular flexibility index (Phi) is 7.20. The molecule has 2 N–H and O–H groups in total. The molecule has 0 aliphatic heterocycles. The van der Waals surface area contributed by atoms with Gasteiger partial charge in [0, 0.05) is 23.8 Å². The van der Waals surface area contributed by atoms with Crippen LogP contribution in [0.25, 0.3) is 0 Å². The SMILES string of the molecule is CCCC(CC)NC(=O)c1cc(NCC)nc(C(C)C)c1. The van der Waals surface area contributed by atoms with Gasteiger partial charge < -0.3 is 10.6 Å². The van der Waals surface area contributed by atoms with Crippen molar-refractivity contribution in [1.29, 1.82) is 0 Å². The molecule has 0 saturated heterocycles. The van der Waals surface area contributed by atoms with Gasteiger partial charge in [0.15, 0.2) is 0 Å². The van der Waals surface area contributed by atoms with E-state index < -0.39 is 0 Å². The van der Waals surface area contributed by atoms with E-state index in [4.69, 9.17) is 0 Å². The summed E-state index contributed by atoms with van der Waals surface area (Å²) in [6.45, 7) is 11.2. The number of amides is 1. The van der Waals surface area contributed by atoms with E-state index >= 15 is 0 Å². The molecule has 0 saturated carbocycles. The molecule has 0 aromatic carbocycles. The fourth-order valence-electron chi connectivity index (χ4n) is 2.25. The van der Waals surface area contributed by atoms with Crippen molar-refractivity contribution in [2.24, 2.45) is 0 Å². The van der Waals surface area contributed by atoms with Gasteiger partial charge in [-0.3, -0.25) is 4.79 Å². The Bertz CT molecular complexity index is 457. The molecule has 0 fully saturated rings. The van der Waals surface area contributed by atoms with Gasteiger partial charge in [0.05, 0.1) is 0 Å². The fraction of sp³-hybridized carbons (Fsp3) is 0.647. The zero-order valence-corrected chi connectivity index (χ0v) is 14.0. The third-order valence-electron chi connectivity index (χ3n) is 3.52. The summed E-state index contributed by atoms with van der Waals surface area (Å²) in [5.41, 5.74) is 1.64. The maximum atomic E-state index is 12.5. The number of aromatic nitrogens is 1. The third-order valence-corrected chi connectivity index (χ3v) is 3.52. The number of hydrogen-bond donors (Lipinski definition) is 2. The second-order valence-electron chi connectivity index (χ2n) is 5.72. The number of anilines is 1. The van der Waals surface area contributed by atoms with Crippen molar-refractivity contribution in [2.45, 2.75) is 65.8 Å². The minimum Gasteiger partial charge on any atom is -0.370 e. The normalized spacial score (nSPS) is 12.3. The van der Waals surface area contributed by atoms with Crippen molar-refractivity contribution in [1.82, 2.24) is 10.3 Å². The van der Waals surface area contributed by atoms with E-state index in [0.29, 0.717) is 11.5 Å². The second kappa shape index (κ2) is 8.65. The van der Waals surface area contributed by atoms with E-state index in [9.17, 15) is 4.79 Å². The average Bonchev–Trinajstić information content (AvgIpc) is 2.46. The van der Waals surface area contributed by atoms with Crippen LogP contribution in [0.2, 0.25) is 0 Å². The third kappa shape index (κ3) is 5.37. The molecule has 1 amide bonds. The van der Waals surface area contributed by atoms with Gasteiger partial charge in [0.25, 0.3) is 5.91 Å². The molecule has 1 atom stereocenters. The average molecular weight is 291 g/mol. The molecule has 0 aliphatic rings. The topological polar surface area (TPSA) is 54.0 Å². The van der Waals surface area contributed by atoms with Crippen LogP contribution < -0.4 is 10.6 Å². The number of carbonyl (C=O) groups excluding carboxylic acids is 1. The molecule has 4 heteroatoms. The molecule has 1 rings (SSSR count). The van der Waals surface area contributed by atoms with Crippen LogP contribution in [0.4, 0.5) is 5.82 Å². The van der Waals surface area contributed by atoms with Crippen molar-refractivity contribution in [3.8, 4) is 0 Å². The maximum absolute atomic E-state index is 12.5. The highest BCUT2D eigenvalue weighted by Gasteiger charge is 2.14. The maximum Gasteiger partial charge on any atom is 0.251 e. The van der Waals surface area contributed by atoms with Crippen molar-refractivity contribution in [2.75, 3.05) is 11.9 Å². The van der Waals surface area contributed by atoms with Crippen LogP contribution >= 0.6 is 0 Å². The summed E-state index contributed by atoms with van der Waals surface area (Å²) in [7, 11) is 0. The number of nitrogens with one attached hydrogen (secondary N) is 2. The molecule has 118 valence electrons. The van der Waals surface area contributed by atoms with E-state index in [1.54, 1.807) is 0 Å². The van der Waals surface area contributed by atoms with Crippen LogP contribution in [0.15, 0.2) is 12.1 Å². The summed E-state index contributed by atoms with van der Waals surface area (Å²) in [4.78, 5) is 17.0. The Morgan fingerprint density at radius 3 is 2.48 bits per heavy atom.